The first kappa shape index (κ1) is 21.1. The zero-order valence-electron chi connectivity index (χ0n) is 16.9. The van der Waals surface area contributed by atoms with Crippen LogP contribution in [-0.2, 0) is 11.3 Å². The fraction of sp³-hybridized carbons (Fsp3) is 0.700. The van der Waals surface area contributed by atoms with E-state index in [0.717, 1.165) is 12.8 Å². The number of ketones is 1. The highest BCUT2D eigenvalue weighted by Gasteiger charge is 2.38. The van der Waals surface area contributed by atoms with Gasteiger partial charge in [-0.05, 0) is 37.5 Å². The number of anilines is 1. The number of hydrogen-bond donors (Lipinski definition) is 2. The second-order valence-corrected chi connectivity index (χ2v) is 8.41. The molecule has 0 unspecified atom stereocenters. The van der Waals surface area contributed by atoms with Crippen molar-refractivity contribution in [3.05, 3.63) is 12.0 Å². The molecular formula is C20H32N4O3. The van der Waals surface area contributed by atoms with Gasteiger partial charge < -0.3 is 15.0 Å². The molecule has 0 fully saturated rings. The van der Waals surface area contributed by atoms with Gasteiger partial charge in [0.25, 0.3) is 0 Å². The molecule has 27 heavy (non-hydrogen) atoms. The van der Waals surface area contributed by atoms with Crippen LogP contribution in [0.15, 0.2) is 11.3 Å². The molecule has 0 saturated carbocycles. The Hall–Kier alpha value is -2.18. The van der Waals surface area contributed by atoms with Crippen molar-refractivity contribution in [3.8, 4) is 0 Å². The number of aromatic nitrogens is 2. The molecule has 7 heteroatoms. The van der Waals surface area contributed by atoms with Crippen LogP contribution in [0.1, 0.15) is 70.3 Å². The fourth-order valence-electron chi connectivity index (χ4n) is 4.14. The molecule has 2 rings (SSSR count). The van der Waals surface area contributed by atoms with Gasteiger partial charge in [-0.1, -0.05) is 34.1 Å². The monoisotopic (exact) mass is 376 g/mol. The Balaban J connectivity index is 2.00. The molecule has 1 aromatic rings. The summed E-state index contributed by atoms with van der Waals surface area (Å²) in [7, 11) is 0. The summed E-state index contributed by atoms with van der Waals surface area (Å²) >= 11 is 0. The molecule has 0 aliphatic carbocycles. The van der Waals surface area contributed by atoms with E-state index in [9.17, 15) is 14.7 Å². The van der Waals surface area contributed by atoms with E-state index in [1.54, 1.807) is 6.33 Å². The number of aliphatic carboxylic acids is 1. The number of hydrogen-bond acceptors (Lipinski definition) is 5. The van der Waals surface area contributed by atoms with Crippen LogP contribution in [0.4, 0.5) is 5.82 Å². The third-order valence-electron chi connectivity index (χ3n) is 4.99. The first-order valence-electron chi connectivity index (χ1n) is 9.81. The Labute approximate surface area is 161 Å². The number of nitrogens with zero attached hydrogens (tertiary/aromatic N) is 3. The normalized spacial score (nSPS) is 14.4. The summed E-state index contributed by atoms with van der Waals surface area (Å²) in [6.45, 7) is 9.10. The van der Waals surface area contributed by atoms with Crippen LogP contribution in [-0.4, -0.2) is 39.3 Å². The number of unbranched alkanes of at least 4 members (excludes halogenated alkanes) is 1. The zero-order valence-corrected chi connectivity index (χ0v) is 16.9. The predicted molar refractivity (Wildman–Crippen MR) is 106 cm³/mol. The van der Waals surface area contributed by atoms with Crippen molar-refractivity contribution >= 4 is 23.9 Å². The highest BCUT2D eigenvalue weighted by molar-refractivity contribution is 6.04. The van der Waals surface area contributed by atoms with Gasteiger partial charge in [-0.25, -0.2) is 4.98 Å². The van der Waals surface area contributed by atoms with E-state index in [2.05, 4.69) is 43.0 Å². The number of aryl methyl sites for hydroxylation is 1. The number of fused-ring (bicyclic) bond motifs is 1. The number of aliphatic imine (C=N–C) groups is 1. The van der Waals surface area contributed by atoms with E-state index in [1.807, 2.05) is 4.57 Å². The van der Waals surface area contributed by atoms with E-state index in [4.69, 9.17) is 0 Å². The number of carboxylic acids is 1. The van der Waals surface area contributed by atoms with Gasteiger partial charge in [0.05, 0.1) is 18.1 Å². The Kier molecular flexibility index (Phi) is 7.16. The van der Waals surface area contributed by atoms with Gasteiger partial charge >= 0.3 is 5.97 Å². The van der Waals surface area contributed by atoms with Gasteiger partial charge in [-0.15, -0.1) is 0 Å². The standard InChI is InChI=1S/C20H32N4O3/c1-14(2)9-20(19(26)27,10-15(3)4)7-5-6-8-24-13-23-18-17(24)16(25)11-21-12-22-18/h12-15H,5-11H2,1-4H3,(H,21,22)(H,26,27). The Morgan fingerprint density at radius 1 is 1.26 bits per heavy atom. The third-order valence-corrected chi connectivity index (χ3v) is 4.99. The minimum Gasteiger partial charge on any atom is -0.481 e. The first-order chi connectivity index (χ1) is 12.7. The number of rotatable bonds is 10. The molecule has 0 radical (unpaired) electrons. The van der Waals surface area contributed by atoms with Crippen molar-refractivity contribution in [3.63, 3.8) is 0 Å². The lowest BCUT2D eigenvalue weighted by Crippen LogP contribution is -2.34. The average Bonchev–Trinajstić information content (AvgIpc) is 2.87. The third kappa shape index (κ3) is 5.40. The molecule has 1 aromatic heterocycles. The van der Waals surface area contributed by atoms with Gasteiger partial charge in [0, 0.05) is 6.54 Å². The van der Waals surface area contributed by atoms with Gasteiger partial charge in [0.15, 0.2) is 5.82 Å². The highest BCUT2D eigenvalue weighted by atomic mass is 16.4. The van der Waals surface area contributed by atoms with E-state index < -0.39 is 11.4 Å². The summed E-state index contributed by atoms with van der Waals surface area (Å²) in [5.74, 6) is 0.489. The molecule has 2 N–H and O–H groups in total. The van der Waals surface area contributed by atoms with E-state index >= 15 is 0 Å². The maximum Gasteiger partial charge on any atom is 0.309 e. The molecule has 0 saturated heterocycles. The SMILES string of the molecule is CC(C)CC(CCCCn1cnc2c1C(=O)CN=CN2)(CC(C)C)C(=O)O. The van der Waals surface area contributed by atoms with E-state index in [-0.39, 0.29) is 12.3 Å². The lowest BCUT2D eigenvalue weighted by molar-refractivity contribution is -0.152. The van der Waals surface area contributed by atoms with Gasteiger partial charge in [0.2, 0.25) is 5.78 Å². The lowest BCUT2D eigenvalue weighted by Gasteiger charge is -2.33. The molecule has 0 spiro atoms. The number of carboxylic acid groups (broad SMARTS) is 1. The van der Waals surface area contributed by atoms with Crippen LogP contribution in [0, 0.1) is 17.3 Å². The molecule has 1 aliphatic heterocycles. The minimum absolute atomic E-state index is 0.0525. The Morgan fingerprint density at radius 3 is 2.52 bits per heavy atom. The van der Waals surface area contributed by atoms with Crippen LogP contribution in [0.3, 0.4) is 0 Å². The number of nitrogens with one attached hydrogen (secondary N) is 1. The number of Topliss-reactive ketones (excluding diaryl/α,β-unsaturated/α-hetero) is 1. The molecular weight excluding hydrogens is 344 g/mol. The van der Waals surface area contributed by atoms with Gasteiger partial charge in [0.1, 0.15) is 12.2 Å². The maximum absolute atomic E-state index is 12.2. The smallest absolute Gasteiger partial charge is 0.309 e. The second-order valence-electron chi connectivity index (χ2n) is 8.41. The lowest BCUT2D eigenvalue weighted by atomic mass is 9.71. The van der Waals surface area contributed by atoms with Crippen molar-refractivity contribution in [1.29, 1.82) is 0 Å². The molecule has 2 heterocycles. The summed E-state index contributed by atoms with van der Waals surface area (Å²) in [6.07, 6.45) is 6.83. The zero-order chi connectivity index (χ0) is 20.0. The molecule has 1 aliphatic rings. The Morgan fingerprint density at radius 2 is 1.93 bits per heavy atom. The summed E-state index contributed by atoms with van der Waals surface area (Å²) < 4.78 is 1.85. The second kappa shape index (κ2) is 9.15. The van der Waals surface area contributed by atoms with Crippen molar-refractivity contribution in [2.75, 3.05) is 11.9 Å². The van der Waals surface area contributed by atoms with Crippen molar-refractivity contribution in [2.45, 2.75) is 66.3 Å². The van der Waals surface area contributed by atoms with Crippen LogP contribution in [0.5, 0.6) is 0 Å². The van der Waals surface area contributed by atoms with E-state index in [1.165, 1.54) is 6.34 Å². The number of carbonyl (C=O) groups is 2. The molecule has 0 amide bonds. The minimum atomic E-state index is -0.682. The predicted octanol–water partition coefficient (Wildman–Crippen LogP) is 3.85. The first-order valence-corrected chi connectivity index (χ1v) is 9.81. The maximum atomic E-state index is 12.2. The molecule has 0 aromatic carbocycles. The summed E-state index contributed by atoms with van der Waals surface area (Å²) in [5, 5.41) is 12.9. The molecule has 0 atom stereocenters. The largest absolute Gasteiger partial charge is 0.481 e. The Bertz CT molecular complexity index is 681. The summed E-state index contributed by atoms with van der Waals surface area (Å²) in [5.41, 5.74) is -0.110. The molecule has 150 valence electrons. The number of imidazole rings is 1. The summed E-state index contributed by atoms with van der Waals surface area (Å²) in [4.78, 5) is 32.6. The van der Waals surface area contributed by atoms with Crippen LogP contribution in [0.2, 0.25) is 0 Å². The van der Waals surface area contributed by atoms with Gasteiger partial charge in [-0.2, -0.15) is 0 Å². The van der Waals surface area contributed by atoms with Crippen LogP contribution < -0.4 is 5.32 Å². The topological polar surface area (TPSA) is 96.6 Å². The van der Waals surface area contributed by atoms with Crippen molar-refractivity contribution < 1.29 is 14.7 Å². The molecule has 7 nitrogen and oxygen atoms in total. The quantitative estimate of drug-likeness (QED) is 0.605. The van der Waals surface area contributed by atoms with Crippen molar-refractivity contribution in [1.82, 2.24) is 9.55 Å². The number of carbonyl (C=O) groups excluding carboxylic acids is 1. The molecule has 0 bridgehead atoms. The summed E-state index contributed by atoms with van der Waals surface area (Å²) in [6, 6.07) is 0. The highest BCUT2D eigenvalue weighted by Crippen LogP contribution is 2.39. The average molecular weight is 377 g/mol. The van der Waals surface area contributed by atoms with Crippen LogP contribution >= 0.6 is 0 Å². The van der Waals surface area contributed by atoms with Crippen molar-refractivity contribution in [2.24, 2.45) is 22.2 Å². The fourth-order valence-corrected chi connectivity index (χ4v) is 4.14. The van der Waals surface area contributed by atoms with Gasteiger partial charge in [-0.3, -0.25) is 14.6 Å². The van der Waals surface area contributed by atoms with E-state index in [0.29, 0.717) is 49.2 Å². The van der Waals surface area contributed by atoms with Crippen LogP contribution in [0.25, 0.3) is 0 Å².